The summed E-state index contributed by atoms with van der Waals surface area (Å²) in [6.07, 6.45) is 0. The van der Waals surface area contributed by atoms with Crippen LogP contribution in [0.15, 0.2) is 82.2 Å². The van der Waals surface area contributed by atoms with Gasteiger partial charge in [-0.2, -0.15) is 0 Å². The summed E-state index contributed by atoms with van der Waals surface area (Å²) >= 11 is 3.33. The second-order valence-corrected chi connectivity index (χ2v) is 11.4. The Labute approximate surface area is 232 Å². The van der Waals surface area contributed by atoms with E-state index in [2.05, 4.69) is 21.2 Å². The van der Waals surface area contributed by atoms with Crippen molar-refractivity contribution in [1.29, 1.82) is 0 Å². The van der Waals surface area contributed by atoms with Gasteiger partial charge in [-0.3, -0.25) is 13.9 Å². The van der Waals surface area contributed by atoms with E-state index < -0.39 is 28.5 Å². The van der Waals surface area contributed by atoms with Crippen molar-refractivity contribution in [3.63, 3.8) is 0 Å². The van der Waals surface area contributed by atoms with Crippen LogP contribution in [0.1, 0.15) is 25.0 Å². The minimum Gasteiger partial charge on any atom is -0.494 e. The predicted octanol–water partition coefficient (Wildman–Crippen LogP) is 4.51. The van der Waals surface area contributed by atoms with Gasteiger partial charge in [0, 0.05) is 18.1 Å². The molecule has 0 fully saturated rings. The molecule has 0 heterocycles. The first-order chi connectivity index (χ1) is 18.1. The first kappa shape index (κ1) is 29.2. The van der Waals surface area contributed by atoms with Crippen LogP contribution in [0.5, 0.6) is 5.75 Å². The number of sulfonamides is 1. The van der Waals surface area contributed by atoms with Crippen molar-refractivity contribution in [3.8, 4) is 5.75 Å². The molecule has 0 saturated heterocycles. The van der Waals surface area contributed by atoms with Crippen LogP contribution in [0, 0.1) is 6.92 Å². The molecule has 1 N–H and O–H groups in total. The smallest absolute Gasteiger partial charge is 0.264 e. The molecular formula is C28H32BrN3O5S. The summed E-state index contributed by atoms with van der Waals surface area (Å²) in [6.45, 7) is 5.51. The Bertz CT molecular complexity index is 1360. The van der Waals surface area contributed by atoms with Gasteiger partial charge in [-0.25, -0.2) is 8.42 Å². The average Bonchev–Trinajstić information content (AvgIpc) is 2.91. The van der Waals surface area contributed by atoms with Crippen LogP contribution in [-0.4, -0.2) is 51.4 Å². The number of aryl methyl sites for hydroxylation is 1. The molecule has 10 heteroatoms. The first-order valence-electron chi connectivity index (χ1n) is 12.1. The molecule has 0 bridgehead atoms. The molecule has 0 aliphatic rings. The van der Waals surface area contributed by atoms with E-state index in [0.717, 1.165) is 19.9 Å². The molecule has 3 aromatic carbocycles. The quantitative estimate of drug-likeness (QED) is 0.349. The van der Waals surface area contributed by atoms with Crippen LogP contribution in [0.25, 0.3) is 0 Å². The summed E-state index contributed by atoms with van der Waals surface area (Å²) in [5.41, 5.74) is 2.12. The number of nitrogens with one attached hydrogen (secondary N) is 1. The van der Waals surface area contributed by atoms with E-state index in [9.17, 15) is 18.0 Å². The zero-order chi connectivity index (χ0) is 27.9. The Morgan fingerprint density at radius 2 is 1.63 bits per heavy atom. The summed E-state index contributed by atoms with van der Waals surface area (Å²) in [5, 5.41) is 2.58. The maximum absolute atomic E-state index is 13.8. The average molecular weight is 603 g/mol. The van der Waals surface area contributed by atoms with Gasteiger partial charge in [0.15, 0.2) is 0 Å². The number of nitrogens with zero attached hydrogens (tertiary/aromatic N) is 2. The van der Waals surface area contributed by atoms with Gasteiger partial charge in [-0.1, -0.05) is 40.2 Å². The minimum atomic E-state index is -4.13. The maximum Gasteiger partial charge on any atom is 0.264 e. The number of carbonyl (C=O) groups is 2. The molecule has 0 radical (unpaired) electrons. The van der Waals surface area contributed by atoms with E-state index in [0.29, 0.717) is 18.0 Å². The fourth-order valence-electron chi connectivity index (χ4n) is 3.90. The van der Waals surface area contributed by atoms with Crippen LogP contribution in [-0.2, 0) is 26.2 Å². The van der Waals surface area contributed by atoms with Gasteiger partial charge in [-0.05, 0) is 80.4 Å². The lowest BCUT2D eigenvalue weighted by Crippen LogP contribution is -2.50. The van der Waals surface area contributed by atoms with Crippen LogP contribution in [0.4, 0.5) is 5.69 Å². The highest BCUT2D eigenvalue weighted by Crippen LogP contribution is 2.27. The summed E-state index contributed by atoms with van der Waals surface area (Å²) in [7, 11) is -2.63. The molecule has 0 unspecified atom stereocenters. The Balaban J connectivity index is 2.04. The Hall–Kier alpha value is -3.37. The summed E-state index contributed by atoms with van der Waals surface area (Å²) in [5.74, 6) is -0.285. The van der Waals surface area contributed by atoms with Gasteiger partial charge in [0.05, 0.1) is 17.2 Å². The number of rotatable bonds is 11. The maximum atomic E-state index is 13.8. The number of anilines is 1. The monoisotopic (exact) mass is 601 g/mol. The number of likely N-dealkylation sites (N-methyl/N-ethyl adjacent to an activating group) is 1. The highest BCUT2D eigenvalue weighted by molar-refractivity contribution is 9.10. The number of carbonyl (C=O) groups excluding carboxylic acids is 2. The van der Waals surface area contributed by atoms with Crippen molar-refractivity contribution < 1.29 is 22.7 Å². The molecule has 202 valence electrons. The molecule has 3 rings (SSSR count). The van der Waals surface area contributed by atoms with Crippen LogP contribution >= 0.6 is 15.9 Å². The third kappa shape index (κ3) is 6.93. The number of hydrogen-bond donors (Lipinski definition) is 1. The minimum absolute atomic E-state index is 0.0344. The zero-order valence-electron chi connectivity index (χ0n) is 21.8. The molecule has 0 saturated carbocycles. The number of amides is 2. The molecule has 0 aliphatic heterocycles. The van der Waals surface area contributed by atoms with Crippen molar-refractivity contribution in [1.82, 2.24) is 10.2 Å². The molecule has 8 nitrogen and oxygen atoms in total. The normalized spacial score (nSPS) is 11.9. The van der Waals surface area contributed by atoms with Gasteiger partial charge in [-0.15, -0.1) is 0 Å². The second-order valence-electron chi connectivity index (χ2n) is 8.63. The van der Waals surface area contributed by atoms with Crippen molar-refractivity contribution in [2.45, 2.75) is 38.3 Å². The van der Waals surface area contributed by atoms with E-state index >= 15 is 0 Å². The first-order valence-corrected chi connectivity index (χ1v) is 14.4. The van der Waals surface area contributed by atoms with E-state index in [1.54, 1.807) is 43.3 Å². The summed E-state index contributed by atoms with van der Waals surface area (Å²) in [4.78, 5) is 27.8. The standard InChI is InChI=1S/C28H32BrN3O5S/c1-5-37-25-14-12-24(13-15-25)32(38(35,36)26-16-10-23(29)11-17-26)19-27(33)31(21(3)28(34)30-4)18-22-9-7-6-8-20(22)2/h6-17,21H,5,18-19H2,1-4H3,(H,30,34)/t21-/m1/s1. The number of hydrogen-bond acceptors (Lipinski definition) is 5. The molecule has 1 atom stereocenters. The molecule has 3 aromatic rings. The van der Waals surface area contributed by atoms with Crippen LogP contribution in [0.3, 0.4) is 0 Å². The van der Waals surface area contributed by atoms with Crippen molar-refractivity contribution in [2.75, 3.05) is 24.5 Å². The fourth-order valence-corrected chi connectivity index (χ4v) is 5.58. The highest BCUT2D eigenvalue weighted by atomic mass is 79.9. The predicted molar refractivity (Wildman–Crippen MR) is 152 cm³/mol. The summed E-state index contributed by atoms with van der Waals surface area (Å²) in [6, 6.07) is 19.5. The van der Waals surface area contributed by atoms with Gasteiger partial charge in [0.25, 0.3) is 10.0 Å². The lowest BCUT2D eigenvalue weighted by molar-refractivity contribution is -0.139. The third-order valence-corrected chi connectivity index (χ3v) is 8.45. The van der Waals surface area contributed by atoms with Gasteiger partial charge in [0.2, 0.25) is 11.8 Å². The number of benzene rings is 3. The molecular weight excluding hydrogens is 570 g/mol. The van der Waals surface area contributed by atoms with E-state index in [4.69, 9.17) is 4.74 Å². The topological polar surface area (TPSA) is 96.0 Å². The lowest BCUT2D eigenvalue weighted by Gasteiger charge is -2.32. The van der Waals surface area contributed by atoms with E-state index in [-0.39, 0.29) is 17.3 Å². The zero-order valence-corrected chi connectivity index (χ0v) is 24.3. The van der Waals surface area contributed by atoms with Gasteiger partial charge in [0.1, 0.15) is 18.3 Å². The SMILES string of the molecule is CCOc1ccc(N(CC(=O)N(Cc2ccccc2C)[C@H](C)C(=O)NC)S(=O)(=O)c2ccc(Br)cc2)cc1. The third-order valence-electron chi connectivity index (χ3n) is 6.13. The van der Waals surface area contributed by atoms with Crippen molar-refractivity contribution in [2.24, 2.45) is 0 Å². The largest absolute Gasteiger partial charge is 0.494 e. The van der Waals surface area contributed by atoms with Crippen molar-refractivity contribution >= 4 is 43.5 Å². The Kier molecular flexibility index (Phi) is 9.93. The molecule has 38 heavy (non-hydrogen) atoms. The lowest BCUT2D eigenvalue weighted by atomic mass is 10.1. The Morgan fingerprint density at radius 3 is 2.21 bits per heavy atom. The highest BCUT2D eigenvalue weighted by Gasteiger charge is 2.32. The van der Waals surface area contributed by atoms with Crippen molar-refractivity contribution in [3.05, 3.63) is 88.4 Å². The fraction of sp³-hybridized carbons (Fsp3) is 0.286. The molecule has 0 spiro atoms. The van der Waals surface area contributed by atoms with E-state index in [1.165, 1.54) is 24.1 Å². The van der Waals surface area contributed by atoms with Gasteiger partial charge >= 0.3 is 0 Å². The Morgan fingerprint density at radius 1 is 1.00 bits per heavy atom. The second kappa shape index (κ2) is 12.9. The molecule has 0 aliphatic carbocycles. The van der Waals surface area contributed by atoms with Crippen LogP contribution in [0.2, 0.25) is 0 Å². The van der Waals surface area contributed by atoms with Gasteiger partial charge < -0.3 is 15.0 Å². The molecule has 0 aromatic heterocycles. The number of ether oxygens (including phenoxy) is 1. The van der Waals surface area contributed by atoms with E-state index in [1.807, 2.05) is 38.1 Å². The van der Waals surface area contributed by atoms with Crippen LogP contribution < -0.4 is 14.4 Å². The molecule has 2 amide bonds. The number of halogens is 1. The summed E-state index contributed by atoms with van der Waals surface area (Å²) < 4.78 is 34.9.